The van der Waals surface area contributed by atoms with Gasteiger partial charge in [-0.3, -0.25) is 4.79 Å². The molecule has 1 amide bonds. The Bertz CT molecular complexity index is 1020. The first-order valence-corrected chi connectivity index (χ1v) is 10.2. The highest BCUT2D eigenvalue weighted by molar-refractivity contribution is 5.97. The van der Waals surface area contributed by atoms with Crippen molar-refractivity contribution in [2.24, 2.45) is 0 Å². The smallest absolute Gasteiger partial charge is 0.256 e. The maximum absolute atomic E-state index is 14.0. The summed E-state index contributed by atoms with van der Waals surface area (Å²) in [5.41, 5.74) is -0.479. The molecule has 162 valence electrons. The predicted molar refractivity (Wildman–Crippen MR) is 121 cm³/mol. The molecule has 1 unspecified atom stereocenters. The van der Waals surface area contributed by atoms with Crippen molar-refractivity contribution in [2.75, 3.05) is 12.4 Å². The van der Waals surface area contributed by atoms with Gasteiger partial charge in [0.1, 0.15) is 17.2 Å². The Morgan fingerprint density at radius 2 is 1.61 bits per heavy atom. The molecule has 0 aliphatic rings. The normalized spacial score (nSPS) is 13.3. The van der Waals surface area contributed by atoms with Crippen LogP contribution in [0.1, 0.15) is 31.4 Å². The molecule has 0 aliphatic heterocycles. The molecule has 5 heteroatoms. The van der Waals surface area contributed by atoms with Crippen LogP contribution in [0, 0.1) is 5.82 Å². The predicted octanol–water partition coefficient (Wildman–Crippen LogP) is 5.11. The number of methoxy groups -OCH3 is 1. The van der Waals surface area contributed by atoms with Gasteiger partial charge in [-0.1, -0.05) is 62.4 Å². The molecule has 0 bridgehead atoms. The monoisotopic (exact) mass is 421 g/mol. The number of anilines is 1. The molecule has 0 fully saturated rings. The van der Waals surface area contributed by atoms with E-state index in [0.29, 0.717) is 17.0 Å². The van der Waals surface area contributed by atoms with Crippen LogP contribution in [0.15, 0.2) is 78.9 Å². The maximum Gasteiger partial charge on any atom is 0.256 e. The second kappa shape index (κ2) is 9.31. The summed E-state index contributed by atoms with van der Waals surface area (Å²) in [6, 6.07) is 22.7. The molecule has 1 atom stereocenters. The van der Waals surface area contributed by atoms with Gasteiger partial charge in [0, 0.05) is 17.7 Å². The Kier molecular flexibility index (Phi) is 6.76. The van der Waals surface area contributed by atoms with Crippen LogP contribution in [0.2, 0.25) is 0 Å². The van der Waals surface area contributed by atoms with Crippen LogP contribution in [0.4, 0.5) is 10.1 Å². The number of benzene rings is 3. The third-order valence-corrected chi connectivity index (χ3v) is 5.42. The zero-order valence-corrected chi connectivity index (χ0v) is 18.1. The van der Waals surface area contributed by atoms with Crippen molar-refractivity contribution in [2.45, 2.75) is 37.7 Å². The number of hydrogen-bond acceptors (Lipinski definition) is 3. The van der Waals surface area contributed by atoms with Crippen LogP contribution >= 0.6 is 0 Å². The van der Waals surface area contributed by atoms with E-state index in [2.05, 4.69) is 5.32 Å². The van der Waals surface area contributed by atoms with Crippen molar-refractivity contribution in [3.05, 3.63) is 95.8 Å². The molecule has 0 spiro atoms. The standard InChI is InChI=1S/C26H28FNO3/c1-25(2,22-16-20(27)14-15-23(22)31-3)18-26(30,17-19-10-6-4-7-11-19)24(29)28-21-12-8-5-9-13-21/h4-16,30H,17-18H2,1-3H3,(H,28,29). The number of nitrogens with one attached hydrogen (secondary N) is 1. The van der Waals surface area contributed by atoms with Gasteiger partial charge in [0.05, 0.1) is 7.11 Å². The molecule has 3 aromatic rings. The highest BCUT2D eigenvalue weighted by Gasteiger charge is 2.43. The number of amides is 1. The Morgan fingerprint density at radius 1 is 1.00 bits per heavy atom. The van der Waals surface area contributed by atoms with Gasteiger partial charge in [0.15, 0.2) is 0 Å². The number of aliphatic hydroxyl groups is 1. The molecule has 3 rings (SSSR count). The van der Waals surface area contributed by atoms with E-state index in [9.17, 15) is 14.3 Å². The largest absolute Gasteiger partial charge is 0.496 e. The van der Waals surface area contributed by atoms with Crippen molar-refractivity contribution in [1.29, 1.82) is 0 Å². The number of para-hydroxylation sites is 1. The molecular formula is C26H28FNO3. The Balaban J connectivity index is 1.97. The second-order valence-corrected chi connectivity index (χ2v) is 8.42. The van der Waals surface area contributed by atoms with Gasteiger partial charge in [-0.15, -0.1) is 0 Å². The number of hydrogen-bond donors (Lipinski definition) is 2. The minimum absolute atomic E-state index is 0.0629. The summed E-state index contributed by atoms with van der Waals surface area (Å²) in [5, 5.41) is 14.5. The molecule has 0 aliphatic carbocycles. The van der Waals surface area contributed by atoms with Crippen molar-refractivity contribution >= 4 is 11.6 Å². The van der Waals surface area contributed by atoms with E-state index in [1.807, 2.05) is 62.4 Å². The second-order valence-electron chi connectivity index (χ2n) is 8.42. The van der Waals surface area contributed by atoms with Gasteiger partial charge >= 0.3 is 0 Å². The summed E-state index contributed by atoms with van der Waals surface area (Å²) < 4.78 is 19.5. The maximum atomic E-state index is 14.0. The zero-order valence-electron chi connectivity index (χ0n) is 18.1. The highest BCUT2D eigenvalue weighted by atomic mass is 19.1. The lowest BCUT2D eigenvalue weighted by atomic mass is 9.72. The van der Waals surface area contributed by atoms with Crippen LogP contribution in [0.5, 0.6) is 5.75 Å². The average Bonchev–Trinajstić information content (AvgIpc) is 2.74. The van der Waals surface area contributed by atoms with Crippen LogP contribution < -0.4 is 10.1 Å². The minimum Gasteiger partial charge on any atom is -0.496 e. The lowest BCUT2D eigenvalue weighted by Crippen LogP contribution is -2.49. The molecule has 31 heavy (non-hydrogen) atoms. The Morgan fingerprint density at radius 3 is 2.23 bits per heavy atom. The number of halogens is 1. The summed E-state index contributed by atoms with van der Waals surface area (Å²) in [5.74, 6) is -0.396. The number of rotatable bonds is 8. The fraction of sp³-hybridized carbons (Fsp3) is 0.269. The third-order valence-electron chi connectivity index (χ3n) is 5.42. The van der Waals surface area contributed by atoms with Crippen molar-refractivity contribution in [1.82, 2.24) is 0 Å². The molecule has 4 nitrogen and oxygen atoms in total. The minimum atomic E-state index is -1.74. The van der Waals surface area contributed by atoms with E-state index in [0.717, 1.165) is 5.56 Å². The van der Waals surface area contributed by atoms with Gasteiger partial charge in [-0.2, -0.15) is 0 Å². The third kappa shape index (κ3) is 5.50. The fourth-order valence-electron chi connectivity index (χ4n) is 3.96. The van der Waals surface area contributed by atoms with Crippen LogP contribution in [0.25, 0.3) is 0 Å². The first-order valence-electron chi connectivity index (χ1n) is 10.2. The summed E-state index contributed by atoms with van der Waals surface area (Å²) in [7, 11) is 1.52. The van der Waals surface area contributed by atoms with E-state index >= 15 is 0 Å². The van der Waals surface area contributed by atoms with Crippen molar-refractivity contribution < 1.29 is 19.0 Å². The van der Waals surface area contributed by atoms with Gasteiger partial charge in [0.25, 0.3) is 5.91 Å². The van der Waals surface area contributed by atoms with Crippen LogP contribution in [-0.2, 0) is 16.6 Å². The van der Waals surface area contributed by atoms with Gasteiger partial charge in [0.2, 0.25) is 0 Å². The molecule has 0 saturated heterocycles. The van der Waals surface area contributed by atoms with Gasteiger partial charge in [-0.05, 0) is 47.7 Å². The zero-order chi connectivity index (χ0) is 22.5. The highest BCUT2D eigenvalue weighted by Crippen LogP contribution is 2.39. The first kappa shape index (κ1) is 22.5. The summed E-state index contributed by atoms with van der Waals surface area (Å²) >= 11 is 0. The van der Waals surface area contributed by atoms with E-state index in [1.165, 1.54) is 19.2 Å². The molecular weight excluding hydrogens is 393 g/mol. The molecule has 0 radical (unpaired) electrons. The van der Waals surface area contributed by atoms with Crippen molar-refractivity contribution in [3.8, 4) is 5.75 Å². The SMILES string of the molecule is COc1ccc(F)cc1C(C)(C)CC(O)(Cc1ccccc1)C(=O)Nc1ccccc1. The topological polar surface area (TPSA) is 58.6 Å². The molecule has 0 heterocycles. The fourth-order valence-corrected chi connectivity index (χ4v) is 3.96. The van der Waals surface area contributed by atoms with E-state index in [-0.39, 0.29) is 12.8 Å². The number of carbonyl (C=O) groups excluding carboxylic acids is 1. The Hall–Kier alpha value is -3.18. The molecule has 2 N–H and O–H groups in total. The summed E-state index contributed by atoms with van der Waals surface area (Å²) in [6.07, 6.45) is 0.181. The Labute approximate surface area is 182 Å². The summed E-state index contributed by atoms with van der Waals surface area (Å²) in [4.78, 5) is 13.3. The molecule has 3 aromatic carbocycles. The van der Waals surface area contributed by atoms with Crippen LogP contribution in [0.3, 0.4) is 0 Å². The lowest BCUT2D eigenvalue weighted by Gasteiger charge is -2.36. The van der Waals surface area contributed by atoms with E-state index in [1.54, 1.807) is 18.2 Å². The van der Waals surface area contributed by atoms with Gasteiger partial charge < -0.3 is 15.2 Å². The summed E-state index contributed by atoms with van der Waals surface area (Å²) in [6.45, 7) is 3.74. The lowest BCUT2D eigenvalue weighted by molar-refractivity contribution is -0.136. The van der Waals surface area contributed by atoms with E-state index in [4.69, 9.17) is 4.74 Å². The quantitative estimate of drug-likeness (QED) is 0.531. The van der Waals surface area contributed by atoms with Gasteiger partial charge in [-0.25, -0.2) is 4.39 Å². The average molecular weight is 422 g/mol. The van der Waals surface area contributed by atoms with E-state index < -0.39 is 22.7 Å². The van der Waals surface area contributed by atoms with Crippen molar-refractivity contribution in [3.63, 3.8) is 0 Å². The first-order chi connectivity index (χ1) is 14.7. The number of carbonyl (C=O) groups is 1. The molecule has 0 saturated carbocycles. The molecule has 0 aromatic heterocycles. The number of ether oxygens (including phenoxy) is 1. The van der Waals surface area contributed by atoms with Crippen LogP contribution in [-0.4, -0.2) is 23.7 Å².